The number of rotatable bonds is 10. The van der Waals surface area contributed by atoms with Crippen LogP contribution in [0.4, 0.5) is 0 Å². The van der Waals surface area contributed by atoms with Crippen LogP contribution < -0.4 is 10.6 Å². The van der Waals surface area contributed by atoms with Gasteiger partial charge in [-0.3, -0.25) is 9.59 Å². The smallest absolute Gasteiger partial charge is 0.331 e. The fourth-order valence-corrected chi connectivity index (χ4v) is 4.55. The Balaban J connectivity index is 2.42. The molecular weight excluding hydrogens is 430 g/mol. The molecule has 0 saturated heterocycles. The molecule has 0 radical (unpaired) electrons. The number of carboxylic acids is 1. The number of benzene rings is 1. The maximum atomic E-state index is 13.9. The largest absolute Gasteiger partial charge is 0.478 e. The molecular formula is C27H41N3O4. The van der Waals surface area contributed by atoms with E-state index in [2.05, 4.69) is 10.6 Å². The van der Waals surface area contributed by atoms with Gasteiger partial charge in [-0.15, -0.1) is 0 Å². The van der Waals surface area contributed by atoms with E-state index >= 15 is 0 Å². The lowest BCUT2D eigenvalue weighted by atomic mass is 9.81. The van der Waals surface area contributed by atoms with E-state index in [9.17, 15) is 19.5 Å². The molecule has 3 N–H and O–H groups in total. The van der Waals surface area contributed by atoms with Crippen molar-refractivity contribution in [3.63, 3.8) is 0 Å². The molecule has 188 valence electrons. The number of carbonyl (C=O) groups excluding carboxylic acids is 2. The van der Waals surface area contributed by atoms with Crippen LogP contribution in [-0.2, 0) is 19.9 Å². The lowest BCUT2D eigenvalue weighted by molar-refractivity contribution is -0.142. The summed E-state index contributed by atoms with van der Waals surface area (Å²) in [6.45, 7) is 11.2. The van der Waals surface area contributed by atoms with Crippen LogP contribution in [0.15, 0.2) is 42.0 Å². The van der Waals surface area contributed by atoms with Gasteiger partial charge in [0.15, 0.2) is 0 Å². The van der Waals surface area contributed by atoms with Crippen molar-refractivity contribution in [2.24, 2.45) is 17.3 Å². The molecule has 1 unspecified atom stereocenters. The number of carbonyl (C=O) groups is 3. The Morgan fingerprint density at radius 1 is 1.12 bits per heavy atom. The second kappa shape index (κ2) is 10.7. The molecule has 1 aromatic carbocycles. The van der Waals surface area contributed by atoms with E-state index in [1.54, 1.807) is 25.1 Å². The van der Waals surface area contributed by atoms with Crippen LogP contribution in [0.5, 0.6) is 0 Å². The Morgan fingerprint density at radius 3 is 2.09 bits per heavy atom. The Morgan fingerprint density at radius 2 is 1.68 bits per heavy atom. The minimum absolute atomic E-state index is 0.00764. The summed E-state index contributed by atoms with van der Waals surface area (Å²) in [4.78, 5) is 40.6. The van der Waals surface area contributed by atoms with E-state index in [1.165, 1.54) is 6.92 Å². The van der Waals surface area contributed by atoms with Crippen LogP contribution in [0.3, 0.4) is 0 Å². The molecule has 34 heavy (non-hydrogen) atoms. The van der Waals surface area contributed by atoms with Crippen molar-refractivity contribution in [3.05, 3.63) is 47.5 Å². The van der Waals surface area contributed by atoms with Gasteiger partial charge in [0.2, 0.25) is 11.8 Å². The monoisotopic (exact) mass is 471 g/mol. The summed E-state index contributed by atoms with van der Waals surface area (Å²) in [5.41, 5.74) is -0.415. The van der Waals surface area contributed by atoms with Gasteiger partial charge in [0.1, 0.15) is 11.6 Å². The molecule has 1 aliphatic carbocycles. The molecule has 1 saturated carbocycles. The van der Waals surface area contributed by atoms with Gasteiger partial charge >= 0.3 is 5.97 Å². The lowest BCUT2D eigenvalue weighted by Crippen LogP contribution is -2.62. The van der Waals surface area contributed by atoms with E-state index < -0.39 is 29.0 Å². The number of carboxylic acid groups (broad SMARTS) is 1. The highest BCUT2D eigenvalue weighted by atomic mass is 16.4. The number of aliphatic carboxylic acids is 1. The van der Waals surface area contributed by atoms with E-state index in [1.807, 2.05) is 65.0 Å². The maximum Gasteiger partial charge on any atom is 0.331 e. The Labute approximate surface area is 204 Å². The molecule has 0 aliphatic heterocycles. The molecule has 1 fully saturated rings. The summed E-state index contributed by atoms with van der Waals surface area (Å²) >= 11 is 0. The van der Waals surface area contributed by atoms with Crippen LogP contribution >= 0.6 is 0 Å². The predicted molar refractivity (Wildman–Crippen MR) is 134 cm³/mol. The normalized spacial score (nSPS) is 18.1. The van der Waals surface area contributed by atoms with Crippen LogP contribution in [0, 0.1) is 17.3 Å². The van der Waals surface area contributed by atoms with Crippen molar-refractivity contribution in [2.45, 2.75) is 72.0 Å². The van der Waals surface area contributed by atoms with Crippen LogP contribution in [-0.4, -0.2) is 54.0 Å². The maximum absolute atomic E-state index is 13.9. The average Bonchev–Trinajstić information content (AvgIpc) is 3.61. The number of likely N-dealkylation sites (N-methyl/N-ethyl adjacent to an activating group) is 2. The summed E-state index contributed by atoms with van der Waals surface area (Å²) in [6.07, 6.45) is 3.48. The average molecular weight is 472 g/mol. The highest BCUT2D eigenvalue weighted by Crippen LogP contribution is 2.46. The first-order chi connectivity index (χ1) is 15.8. The Hall–Kier alpha value is -2.67. The quantitative estimate of drug-likeness (QED) is 0.453. The van der Waals surface area contributed by atoms with Crippen molar-refractivity contribution in [1.82, 2.24) is 15.5 Å². The van der Waals surface area contributed by atoms with Gasteiger partial charge in [-0.2, -0.15) is 0 Å². The number of hydrogen-bond donors (Lipinski definition) is 3. The summed E-state index contributed by atoms with van der Waals surface area (Å²) < 4.78 is 0. The third-order valence-corrected chi connectivity index (χ3v) is 6.80. The zero-order valence-corrected chi connectivity index (χ0v) is 21.8. The van der Waals surface area contributed by atoms with Crippen molar-refractivity contribution < 1.29 is 19.5 Å². The number of nitrogens with one attached hydrogen (secondary N) is 2. The van der Waals surface area contributed by atoms with Gasteiger partial charge in [0.25, 0.3) is 0 Å². The van der Waals surface area contributed by atoms with Crippen LogP contribution in [0.2, 0.25) is 0 Å². The minimum atomic E-state index is -1.02. The molecule has 0 bridgehead atoms. The topological polar surface area (TPSA) is 98.7 Å². The zero-order valence-electron chi connectivity index (χ0n) is 21.8. The fraction of sp³-hybridized carbons (Fsp3) is 0.593. The van der Waals surface area contributed by atoms with Crippen molar-refractivity contribution in [3.8, 4) is 0 Å². The Kier molecular flexibility index (Phi) is 8.70. The van der Waals surface area contributed by atoms with Gasteiger partial charge in [0.05, 0.1) is 6.04 Å². The third-order valence-electron chi connectivity index (χ3n) is 6.80. The minimum Gasteiger partial charge on any atom is -0.478 e. The third kappa shape index (κ3) is 5.87. The highest BCUT2D eigenvalue weighted by Gasteiger charge is 2.52. The van der Waals surface area contributed by atoms with Crippen molar-refractivity contribution >= 4 is 17.8 Å². The van der Waals surface area contributed by atoms with E-state index in [0.29, 0.717) is 0 Å². The van der Waals surface area contributed by atoms with Crippen LogP contribution in [0.1, 0.15) is 59.9 Å². The molecule has 0 aromatic heterocycles. The molecule has 7 heteroatoms. The molecule has 0 spiro atoms. The Bertz CT molecular complexity index is 916. The summed E-state index contributed by atoms with van der Waals surface area (Å²) in [7, 11) is 3.46. The molecule has 0 heterocycles. The zero-order chi connectivity index (χ0) is 25.8. The molecule has 2 rings (SSSR count). The standard InChI is InChI=1S/C27H41N3O4/c1-17(2)21(16-18(3)24(32)33)30(8)23(31)22(26(4,5)6)29-25(34)27(28-7,20-14-15-20)19-12-10-9-11-13-19/h9-13,16-17,20-22,28H,14-15H2,1-8H3,(H,29,34)(H,32,33)/b18-16+/t21-,22?,27-/m1/s1. The number of amides is 2. The van der Waals surface area contributed by atoms with Gasteiger partial charge in [-0.05, 0) is 49.6 Å². The van der Waals surface area contributed by atoms with E-state index in [4.69, 9.17) is 0 Å². The van der Waals surface area contributed by atoms with E-state index in [-0.39, 0.29) is 29.2 Å². The molecule has 1 aliphatic rings. The van der Waals surface area contributed by atoms with Gasteiger partial charge in [-0.1, -0.05) is 71.0 Å². The second-order valence-corrected chi connectivity index (χ2v) is 10.8. The molecule has 2 amide bonds. The summed E-state index contributed by atoms with van der Waals surface area (Å²) in [5.74, 6) is -1.34. The summed E-state index contributed by atoms with van der Waals surface area (Å²) in [5, 5.41) is 15.7. The van der Waals surface area contributed by atoms with E-state index in [0.717, 1.165) is 18.4 Å². The van der Waals surface area contributed by atoms with Crippen LogP contribution in [0.25, 0.3) is 0 Å². The van der Waals surface area contributed by atoms with Gasteiger partial charge in [-0.25, -0.2) is 4.79 Å². The van der Waals surface area contributed by atoms with Gasteiger partial charge < -0.3 is 20.6 Å². The molecule has 3 atom stereocenters. The second-order valence-electron chi connectivity index (χ2n) is 10.8. The number of hydrogen-bond acceptors (Lipinski definition) is 4. The highest BCUT2D eigenvalue weighted by molar-refractivity contribution is 5.94. The number of nitrogens with zero attached hydrogens (tertiary/aromatic N) is 1. The SMILES string of the molecule is CN[C@](C(=O)NC(C(=O)N(C)[C@H](/C=C(\C)C(=O)O)C(C)C)C(C)(C)C)(c1ccccc1)C1CC1. The predicted octanol–water partition coefficient (Wildman–Crippen LogP) is 3.56. The summed E-state index contributed by atoms with van der Waals surface area (Å²) in [6, 6.07) is 8.44. The first-order valence-corrected chi connectivity index (χ1v) is 12.0. The molecule has 7 nitrogen and oxygen atoms in total. The van der Waals surface area contributed by atoms with Crippen molar-refractivity contribution in [1.29, 1.82) is 0 Å². The first-order valence-electron chi connectivity index (χ1n) is 12.0. The van der Waals surface area contributed by atoms with Crippen molar-refractivity contribution in [2.75, 3.05) is 14.1 Å². The molecule has 1 aromatic rings. The lowest BCUT2D eigenvalue weighted by Gasteiger charge is -2.40. The first kappa shape index (κ1) is 27.6. The fourth-order valence-electron chi connectivity index (χ4n) is 4.55. The van der Waals surface area contributed by atoms with Gasteiger partial charge in [0, 0.05) is 12.6 Å².